The summed E-state index contributed by atoms with van der Waals surface area (Å²) in [4.78, 5) is 22.3. The fourth-order valence-corrected chi connectivity index (χ4v) is 2.04. The Morgan fingerprint density at radius 1 is 1.19 bits per heavy atom. The Kier molecular flexibility index (Phi) is 7.46. The van der Waals surface area contributed by atoms with E-state index in [2.05, 4.69) is 12.2 Å². The number of rotatable bonds is 9. The van der Waals surface area contributed by atoms with Crippen molar-refractivity contribution in [3.05, 3.63) is 29.8 Å². The summed E-state index contributed by atoms with van der Waals surface area (Å²) in [5.41, 5.74) is 7.17. The number of nitrogens with two attached hydrogens (primary N) is 1. The second-order valence-corrected chi connectivity index (χ2v) is 5.36. The van der Waals surface area contributed by atoms with E-state index >= 15 is 0 Å². The van der Waals surface area contributed by atoms with Crippen LogP contribution in [0.4, 0.5) is 5.69 Å². The van der Waals surface area contributed by atoms with Crippen molar-refractivity contribution in [1.29, 1.82) is 0 Å². The van der Waals surface area contributed by atoms with Crippen molar-refractivity contribution >= 4 is 17.6 Å². The van der Waals surface area contributed by atoms with Crippen LogP contribution in [0.1, 0.15) is 38.2 Å². The normalized spacial score (nSPS) is 11.9. The number of carboxylic acids is 1. The summed E-state index contributed by atoms with van der Waals surface area (Å²) in [7, 11) is 0. The zero-order valence-corrected chi connectivity index (χ0v) is 12.5. The van der Waals surface area contributed by atoms with Crippen LogP contribution in [-0.4, -0.2) is 23.5 Å². The molecule has 0 heterocycles. The van der Waals surface area contributed by atoms with Gasteiger partial charge in [0.25, 0.3) is 0 Å². The zero-order valence-electron chi connectivity index (χ0n) is 12.5. The molecule has 1 unspecified atom stereocenters. The smallest absolute Gasteiger partial charge is 0.303 e. The lowest BCUT2D eigenvalue weighted by atomic mass is 10.0. The third-order valence-corrected chi connectivity index (χ3v) is 3.39. The number of aliphatic carboxylic acids is 1. The van der Waals surface area contributed by atoms with Gasteiger partial charge in [0.15, 0.2) is 0 Å². The summed E-state index contributed by atoms with van der Waals surface area (Å²) in [6, 6.07) is 7.29. The molecule has 1 aromatic rings. The van der Waals surface area contributed by atoms with Crippen molar-refractivity contribution in [3.63, 3.8) is 0 Å². The molecule has 5 heteroatoms. The summed E-state index contributed by atoms with van der Waals surface area (Å²) < 4.78 is 0. The molecule has 1 aromatic carbocycles. The topological polar surface area (TPSA) is 92.4 Å². The zero-order chi connectivity index (χ0) is 15.7. The van der Waals surface area contributed by atoms with Crippen LogP contribution in [0.5, 0.6) is 0 Å². The second-order valence-electron chi connectivity index (χ2n) is 5.36. The molecule has 0 saturated heterocycles. The highest BCUT2D eigenvalue weighted by atomic mass is 16.4. The molecule has 0 spiro atoms. The minimum atomic E-state index is -0.807. The van der Waals surface area contributed by atoms with Gasteiger partial charge in [0.05, 0.1) is 0 Å². The molecular formula is C16H24N2O3. The van der Waals surface area contributed by atoms with Crippen LogP contribution in [-0.2, 0) is 16.0 Å². The van der Waals surface area contributed by atoms with Crippen molar-refractivity contribution < 1.29 is 14.7 Å². The van der Waals surface area contributed by atoms with E-state index in [0.29, 0.717) is 25.3 Å². The highest BCUT2D eigenvalue weighted by molar-refractivity contribution is 5.90. The molecule has 116 valence electrons. The second kappa shape index (κ2) is 9.13. The molecule has 21 heavy (non-hydrogen) atoms. The minimum absolute atomic E-state index is 0.00263. The molecule has 0 aliphatic rings. The van der Waals surface area contributed by atoms with Crippen LogP contribution in [0, 0.1) is 5.92 Å². The summed E-state index contributed by atoms with van der Waals surface area (Å²) in [6.07, 6.45) is 2.87. The van der Waals surface area contributed by atoms with Gasteiger partial charge in [0.1, 0.15) is 0 Å². The van der Waals surface area contributed by atoms with Crippen LogP contribution in [0.3, 0.4) is 0 Å². The number of amides is 1. The monoisotopic (exact) mass is 292 g/mol. The van der Waals surface area contributed by atoms with Gasteiger partial charge in [-0.25, -0.2) is 0 Å². The van der Waals surface area contributed by atoms with Crippen molar-refractivity contribution in [2.75, 3.05) is 11.9 Å². The quantitative estimate of drug-likeness (QED) is 0.651. The summed E-state index contributed by atoms with van der Waals surface area (Å²) >= 11 is 0. The molecule has 1 atom stereocenters. The van der Waals surface area contributed by atoms with Crippen molar-refractivity contribution in [3.8, 4) is 0 Å². The molecule has 0 radical (unpaired) electrons. The van der Waals surface area contributed by atoms with E-state index in [4.69, 9.17) is 10.8 Å². The Labute approximate surface area is 125 Å². The molecular weight excluding hydrogens is 268 g/mol. The van der Waals surface area contributed by atoms with Gasteiger partial charge in [0, 0.05) is 18.5 Å². The lowest BCUT2D eigenvalue weighted by Crippen LogP contribution is -2.14. The summed E-state index contributed by atoms with van der Waals surface area (Å²) in [5.74, 6) is -0.352. The van der Waals surface area contributed by atoms with Crippen LogP contribution < -0.4 is 11.1 Å². The van der Waals surface area contributed by atoms with Crippen molar-refractivity contribution in [1.82, 2.24) is 0 Å². The lowest BCUT2D eigenvalue weighted by Gasteiger charge is -2.10. The number of carboxylic acid groups (broad SMARTS) is 1. The first-order valence-electron chi connectivity index (χ1n) is 7.32. The number of benzene rings is 1. The lowest BCUT2D eigenvalue weighted by molar-refractivity contribution is -0.137. The van der Waals surface area contributed by atoms with Crippen LogP contribution >= 0.6 is 0 Å². The van der Waals surface area contributed by atoms with Crippen molar-refractivity contribution in [2.24, 2.45) is 11.7 Å². The Balaban J connectivity index is 2.37. The van der Waals surface area contributed by atoms with Crippen LogP contribution in [0.25, 0.3) is 0 Å². The fourth-order valence-electron chi connectivity index (χ4n) is 2.04. The minimum Gasteiger partial charge on any atom is -0.481 e. The standard InChI is InChI=1S/C16H24N2O3/c1-12(10-11-17)2-8-15(19)18-14-6-3-13(4-7-14)5-9-16(20)21/h3-4,6-7,12H,2,5,8-11,17H2,1H3,(H,18,19)(H,20,21). The maximum atomic E-state index is 11.8. The molecule has 1 rings (SSSR count). The molecule has 0 aromatic heterocycles. The maximum absolute atomic E-state index is 11.8. The number of nitrogens with one attached hydrogen (secondary N) is 1. The Hall–Kier alpha value is -1.88. The Morgan fingerprint density at radius 2 is 1.86 bits per heavy atom. The number of anilines is 1. The molecule has 0 bridgehead atoms. The SMILES string of the molecule is CC(CCN)CCC(=O)Nc1ccc(CCC(=O)O)cc1. The van der Waals surface area contributed by atoms with Gasteiger partial charge < -0.3 is 16.2 Å². The van der Waals surface area contributed by atoms with Gasteiger partial charge in [-0.1, -0.05) is 19.1 Å². The molecule has 1 amide bonds. The van der Waals surface area contributed by atoms with Gasteiger partial charge in [-0.15, -0.1) is 0 Å². The average Bonchev–Trinajstić information content (AvgIpc) is 2.45. The van der Waals surface area contributed by atoms with E-state index < -0.39 is 5.97 Å². The third kappa shape index (κ3) is 7.46. The maximum Gasteiger partial charge on any atom is 0.303 e. The first kappa shape index (κ1) is 17.2. The molecule has 0 saturated carbocycles. The van der Waals surface area contributed by atoms with Gasteiger partial charge in [-0.05, 0) is 49.4 Å². The molecule has 5 nitrogen and oxygen atoms in total. The van der Waals surface area contributed by atoms with Crippen LogP contribution in [0.2, 0.25) is 0 Å². The molecule has 4 N–H and O–H groups in total. The van der Waals surface area contributed by atoms with E-state index in [1.807, 2.05) is 12.1 Å². The number of carbonyl (C=O) groups excluding carboxylic acids is 1. The highest BCUT2D eigenvalue weighted by Gasteiger charge is 2.07. The average molecular weight is 292 g/mol. The van der Waals surface area contributed by atoms with Crippen molar-refractivity contribution in [2.45, 2.75) is 39.0 Å². The fraction of sp³-hybridized carbons (Fsp3) is 0.500. The first-order chi connectivity index (χ1) is 10.0. The third-order valence-electron chi connectivity index (χ3n) is 3.39. The predicted molar refractivity (Wildman–Crippen MR) is 83.1 cm³/mol. The van der Waals surface area contributed by atoms with E-state index in [0.717, 1.165) is 24.1 Å². The Bertz CT molecular complexity index is 457. The van der Waals surface area contributed by atoms with E-state index in [1.54, 1.807) is 12.1 Å². The Morgan fingerprint density at radius 3 is 2.43 bits per heavy atom. The summed E-state index contributed by atoms with van der Waals surface area (Å²) in [5, 5.41) is 11.5. The number of hydrogen-bond acceptors (Lipinski definition) is 3. The predicted octanol–water partition coefficient (Wildman–Crippen LogP) is 2.41. The number of aryl methyl sites for hydroxylation is 1. The van der Waals surface area contributed by atoms with E-state index in [-0.39, 0.29) is 12.3 Å². The summed E-state index contributed by atoms with van der Waals surface area (Å²) in [6.45, 7) is 2.75. The number of hydrogen-bond donors (Lipinski definition) is 3. The van der Waals surface area contributed by atoms with Gasteiger partial charge in [0.2, 0.25) is 5.91 Å². The van der Waals surface area contributed by atoms with Crippen LogP contribution in [0.15, 0.2) is 24.3 Å². The van der Waals surface area contributed by atoms with Gasteiger partial charge in [-0.3, -0.25) is 9.59 Å². The van der Waals surface area contributed by atoms with E-state index in [9.17, 15) is 9.59 Å². The number of carbonyl (C=O) groups is 2. The first-order valence-corrected chi connectivity index (χ1v) is 7.32. The highest BCUT2D eigenvalue weighted by Crippen LogP contribution is 2.13. The molecule has 0 aliphatic carbocycles. The molecule has 0 fully saturated rings. The van der Waals surface area contributed by atoms with E-state index in [1.165, 1.54) is 0 Å². The molecule has 0 aliphatic heterocycles. The largest absolute Gasteiger partial charge is 0.481 e. The van der Waals surface area contributed by atoms with Gasteiger partial charge in [-0.2, -0.15) is 0 Å². The van der Waals surface area contributed by atoms with Gasteiger partial charge >= 0.3 is 5.97 Å².